The Balaban J connectivity index is 1.96. The molecule has 0 atom stereocenters. The second-order valence-corrected chi connectivity index (χ2v) is 5.94. The van der Waals surface area contributed by atoms with Gasteiger partial charge in [0.2, 0.25) is 0 Å². The molecule has 3 nitrogen and oxygen atoms in total. The van der Waals surface area contributed by atoms with Crippen molar-refractivity contribution in [3.05, 3.63) is 59.7 Å². The quantitative estimate of drug-likeness (QED) is 0.764. The molecule has 0 radical (unpaired) electrons. The summed E-state index contributed by atoms with van der Waals surface area (Å²) in [5.74, 6) is 0.824. The molecule has 0 bridgehead atoms. The average molecular weight is 337 g/mol. The predicted octanol–water partition coefficient (Wildman–Crippen LogP) is 4.33. The lowest BCUT2D eigenvalue weighted by molar-refractivity contribution is -0.0498. The minimum atomic E-state index is -2.84. The van der Waals surface area contributed by atoms with Crippen molar-refractivity contribution in [2.45, 2.75) is 25.0 Å². The molecule has 1 amide bonds. The van der Waals surface area contributed by atoms with Crippen LogP contribution in [0.2, 0.25) is 0 Å². The molecule has 0 saturated carbocycles. The maximum Gasteiger partial charge on any atom is 0.387 e. The maximum atomic E-state index is 12.3. The van der Waals surface area contributed by atoms with Crippen LogP contribution in [-0.4, -0.2) is 18.3 Å². The number of rotatable bonds is 7. The Morgan fingerprint density at radius 3 is 2.52 bits per heavy atom. The standard InChI is InChI=1S/C17H17F2NO2S/c1-2-23-15-6-4-3-5-14(15)16(21)20-11-12-7-9-13(10-8-12)22-17(18)19/h3-10,17H,2,11H2,1H3,(H,20,21). The van der Waals surface area contributed by atoms with Crippen LogP contribution in [0.1, 0.15) is 22.8 Å². The summed E-state index contributed by atoms with van der Waals surface area (Å²) in [6.45, 7) is -0.491. The molecule has 0 aliphatic heterocycles. The summed E-state index contributed by atoms with van der Waals surface area (Å²) in [5, 5.41) is 2.83. The first-order valence-electron chi connectivity index (χ1n) is 7.14. The summed E-state index contributed by atoms with van der Waals surface area (Å²) in [7, 11) is 0. The van der Waals surface area contributed by atoms with Gasteiger partial charge in [-0.2, -0.15) is 8.78 Å². The van der Waals surface area contributed by atoms with Gasteiger partial charge in [-0.25, -0.2) is 0 Å². The summed E-state index contributed by atoms with van der Waals surface area (Å²) in [6, 6.07) is 13.6. The molecule has 0 aromatic heterocycles. The second kappa shape index (κ2) is 8.53. The zero-order valence-corrected chi connectivity index (χ0v) is 13.4. The fourth-order valence-electron chi connectivity index (χ4n) is 2.00. The normalized spacial score (nSPS) is 10.6. The first-order chi connectivity index (χ1) is 11.1. The summed E-state index contributed by atoms with van der Waals surface area (Å²) in [6.07, 6.45) is 0. The lowest BCUT2D eigenvalue weighted by Crippen LogP contribution is -2.23. The SMILES string of the molecule is CCSc1ccccc1C(=O)NCc1ccc(OC(F)F)cc1. The molecule has 2 aromatic carbocycles. The molecule has 0 aliphatic rings. The molecule has 6 heteroatoms. The van der Waals surface area contributed by atoms with Gasteiger partial charge in [-0.3, -0.25) is 4.79 Å². The molecule has 0 saturated heterocycles. The van der Waals surface area contributed by atoms with Gasteiger partial charge in [0, 0.05) is 11.4 Å². The van der Waals surface area contributed by atoms with E-state index < -0.39 is 6.61 Å². The molecule has 23 heavy (non-hydrogen) atoms. The number of carbonyl (C=O) groups excluding carboxylic acids is 1. The Morgan fingerprint density at radius 1 is 1.17 bits per heavy atom. The highest BCUT2D eigenvalue weighted by atomic mass is 32.2. The molecule has 122 valence electrons. The van der Waals surface area contributed by atoms with E-state index >= 15 is 0 Å². The summed E-state index contributed by atoms with van der Waals surface area (Å²) >= 11 is 1.61. The third kappa shape index (κ3) is 5.25. The van der Waals surface area contributed by atoms with Gasteiger partial charge in [0.1, 0.15) is 5.75 Å². The van der Waals surface area contributed by atoms with E-state index in [9.17, 15) is 13.6 Å². The van der Waals surface area contributed by atoms with E-state index in [1.807, 2.05) is 25.1 Å². The number of alkyl halides is 2. The van der Waals surface area contributed by atoms with Crippen molar-refractivity contribution in [2.75, 3.05) is 5.75 Å². The highest BCUT2D eigenvalue weighted by molar-refractivity contribution is 7.99. The van der Waals surface area contributed by atoms with E-state index in [0.29, 0.717) is 12.1 Å². The smallest absolute Gasteiger partial charge is 0.387 e. The largest absolute Gasteiger partial charge is 0.435 e. The zero-order chi connectivity index (χ0) is 16.7. The van der Waals surface area contributed by atoms with Crippen LogP contribution in [0.25, 0.3) is 0 Å². The first-order valence-corrected chi connectivity index (χ1v) is 8.12. The number of hydrogen-bond donors (Lipinski definition) is 1. The van der Waals surface area contributed by atoms with E-state index in [1.165, 1.54) is 12.1 Å². The molecule has 0 spiro atoms. The molecule has 0 aliphatic carbocycles. The minimum absolute atomic E-state index is 0.0970. The highest BCUT2D eigenvalue weighted by Gasteiger charge is 2.10. The lowest BCUT2D eigenvalue weighted by Gasteiger charge is -2.10. The van der Waals surface area contributed by atoms with Crippen molar-refractivity contribution >= 4 is 17.7 Å². The number of thioether (sulfide) groups is 1. The maximum absolute atomic E-state index is 12.3. The highest BCUT2D eigenvalue weighted by Crippen LogP contribution is 2.22. The van der Waals surface area contributed by atoms with Gasteiger partial charge in [-0.15, -0.1) is 11.8 Å². The Bertz CT molecular complexity index is 647. The molecule has 2 aromatic rings. The van der Waals surface area contributed by atoms with Crippen molar-refractivity contribution in [1.82, 2.24) is 5.32 Å². The summed E-state index contributed by atoms with van der Waals surface area (Å²) < 4.78 is 28.4. The van der Waals surface area contributed by atoms with E-state index in [0.717, 1.165) is 16.2 Å². The van der Waals surface area contributed by atoms with Gasteiger partial charge >= 0.3 is 6.61 Å². The lowest BCUT2D eigenvalue weighted by atomic mass is 10.2. The van der Waals surface area contributed by atoms with Gasteiger partial charge in [0.25, 0.3) is 5.91 Å². The minimum Gasteiger partial charge on any atom is -0.435 e. The fraction of sp³-hybridized carbons (Fsp3) is 0.235. The van der Waals surface area contributed by atoms with Gasteiger partial charge in [-0.05, 0) is 35.6 Å². The van der Waals surface area contributed by atoms with Crippen LogP contribution in [0.5, 0.6) is 5.75 Å². The Morgan fingerprint density at radius 2 is 1.87 bits per heavy atom. The number of carbonyl (C=O) groups is 1. The van der Waals surface area contributed by atoms with Crippen molar-refractivity contribution in [3.8, 4) is 5.75 Å². The fourth-order valence-corrected chi connectivity index (χ4v) is 2.80. The Kier molecular flexibility index (Phi) is 6.40. The van der Waals surface area contributed by atoms with Crippen molar-refractivity contribution < 1.29 is 18.3 Å². The van der Waals surface area contributed by atoms with Gasteiger partial charge in [0.05, 0.1) is 5.56 Å². The number of halogens is 2. The zero-order valence-electron chi connectivity index (χ0n) is 12.6. The Labute approximate surface area is 138 Å². The molecule has 0 heterocycles. The van der Waals surface area contributed by atoms with Crippen LogP contribution in [0.15, 0.2) is 53.4 Å². The van der Waals surface area contributed by atoms with Gasteiger partial charge < -0.3 is 10.1 Å². The third-order valence-corrected chi connectivity index (χ3v) is 3.99. The van der Waals surface area contributed by atoms with E-state index in [-0.39, 0.29) is 11.7 Å². The molecule has 0 unspecified atom stereocenters. The van der Waals surface area contributed by atoms with Crippen LogP contribution in [0.4, 0.5) is 8.78 Å². The van der Waals surface area contributed by atoms with Crippen LogP contribution >= 0.6 is 11.8 Å². The van der Waals surface area contributed by atoms with Crippen molar-refractivity contribution in [3.63, 3.8) is 0 Å². The van der Waals surface area contributed by atoms with Gasteiger partial charge in [0.15, 0.2) is 0 Å². The van der Waals surface area contributed by atoms with E-state index in [4.69, 9.17) is 0 Å². The third-order valence-electron chi connectivity index (χ3n) is 3.03. The topological polar surface area (TPSA) is 38.3 Å². The van der Waals surface area contributed by atoms with Gasteiger partial charge in [-0.1, -0.05) is 31.2 Å². The molecular weight excluding hydrogens is 320 g/mol. The van der Waals surface area contributed by atoms with Crippen molar-refractivity contribution in [2.24, 2.45) is 0 Å². The molecule has 2 rings (SSSR count). The van der Waals surface area contributed by atoms with E-state index in [2.05, 4.69) is 10.1 Å². The van der Waals surface area contributed by atoms with Crippen LogP contribution in [0, 0.1) is 0 Å². The van der Waals surface area contributed by atoms with Crippen LogP contribution < -0.4 is 10.1 Å². The number of nitrogens with one attached hydrogen (secondary N) is 1. The number of amides is 1. The first kappa shape index (κ1) is 17.3. The Hall–Kier alpha value is -2.08. The molecular formula is C17H17F2NO2S. The van der Waals surface area contributed by atoms with Crippen LogP contribution in [0.3, 0.4) is 0 Å². The average Bonchev–Trinajstić information content (AvgIpc) is 2.54. The number of hydrogen-bond acceptors (Lipinski definition) is 3. The van der Waals surface area contributed by atoms with E-state index in [1.54, 1.807) is 30.0 Å². The summed E-state index contributed by atoms with van der Waals surface area (Å²) in [4.78, 5) is 13.2. The summed E-state index contributed by atoms with van der Waals surface area (Å²) in [5.41, 5.74) is 1.44. The molecule has 1 N–H and O–H groups in total. The number of benzene rings is 2. The van der Waals surface area contributed by atoms with Crippen LogP contribution in [-0.2, 0) is 6.54 Å². The number of ether oxygens (including phenoxy) is 1. The van der Waals surface area contributed by atoms with Crippen molar-refractivity contribution in [1.29, 1.82) is 0 Å². The monoisotopic (exact) mass is 337 g/mol. The second-order valence-electron chi connectivity index (χ2n) is 4.63. The predicted molar refractivity (Wildman–Crippen MR) is 87.1 cm³/mol. The molecule has 0 fully saturated rings.